The molecular weight excluding hydrogens is 350 g/mol. The SMILES string of the molecule is O=C(CCOc1ccccc1)Nc1ccc(N2CCCc3ccccc32)cn1. The van der Waals surface area contributed by atoms with Gasteiger partial charge in [0.15, 0.2) is 0 Å². The minimum Gasteiger partial charge on any atom is -0.493 e. The molecule has 5 nitrogen and oxygen atoms in total. The molecule has 0 atom stereocenters. The Bertz CT molecular complexity index is 926. The first-order valence-corrected chi connectivity index (χ1v) is 9.59. The lowest BCUT2D eigenvalue weighted by molar-refractivity contribution is -0.116. The summed E-state index contributed by atoms with van der Waals surface area (Å²) in [7, 11) is 0. The van der Waals surface area contributed by atoms with Gasteiger partial charge < -0.3 is 15.0 Å². The highest BCUT2D eigenvalue weighted by Gasteiger charge is 2.18. The zero-order chi connectivity index (χ0) is 19.2. The standard InChI is InChI=1S/C23H23N3O2/c27-23(14-16-28-20-9-2-1-3-10-20)25-22-13-12-19(17-24-22)26-15-6-8-18-7-4-5-11-21(18)26/h1-5,7,9-13,17H,6,8,14-16H2,(H,24,25,27). The van der Waals surface area contributed by atoms with Crippen LogP contribution in [0.4, 0.5) is 17.2 Å². The van der Waals surface area contributed by atoms with Crippen LogP contribution in [0.1, 0.15) is 18.4 Å². The Morgan fingerprint density at radius 1 is 1.04 bits per heavy atom. The van der Waals surface area contributed by atoms with Gasteiger partial charge in [-0.05, 0) is 48.7 Å². The van der Waals surface area contributed by atoms with Gasteiger partial charge >= 0.3 is 0 Å². The number of hydrogen-bond donors (Lipinski definition) is 1. The van der Waals surface area contributed by atoms with Crippen LogP contribution >= 0.6 is 0 Å². The molecule has 0 unspecified atom stereocenters. The average molecular weight is 373 g/mol. The van der Waals surface area contributed by atoms with Crippen molar-refractivity contribution in [3.8, 4) is 5.75 Å². The van der Waals surface area contributed by atoms with Crippen molar-refractivity contribution in [1.82, 2.24) is 4.98 Å². The molecule has 0 aliphatic carbocycles. The Balaban J connectivity index is 1.33. The van der Waals surface area contributed by atoms with Crippen LogP contribution in [-0.4, -0.2) is 24.0 Å². The number of pyridine rings is 1. The first-order valence-electron chi connectivity index (χ1n) is 9.59. The van der Waals surface area contributed by atoms with Crippen molar-refractivity contribution in [1.29, 1.82) is 0 Å². The van der Waals surface area contributed by atoms with E-state index < -0.39 is 0 Å². The van der Waals surface area contributed by atoms with Crippen molar-refractivity contribution in [3.05, 3.63) is 78.5 Å². The maximum atomic E-state index is 12.1. The molecule has 142 valence electrons. The van der Waals surface area contributed by atoms with E-state index in [0.717, 1.165) is 30.8 Å². The zero-order valence-electron chi connectivity index (χ0n) is 15.7. The number of fused-ring (bicyclic) bond motifs is 1. The van der Waals surface area contributed by atoms with Crippen LogP contribution < -0.4 is 15.0 Å². The van der Waals surface area contributed by atoms with Gasteiger partial charge in [0.1, 0.15) is 11.6 Å². The van der Waals surface area contributed by atoms with E-state index in [1.54, 1.807) is 0 Å². The summed E-state index contributed by atoms with van der Waals surface area (Å²) in [6.45, 7) is 1.31. The van der Waals surface area contributed by atoms with Crippen LogP contribution in [0, 0.1) is 0 Å². The Kier molecular flexibility index (Phi) is 5.52. The first kappa shape index (κ1) is 18.0. The number of aromatic nitrogens is 1. The van der Waals surface area contributed by atoms with Gasteiger partial charge in [0, 0.05) is 12.2 Å². The molecular formula is C23H23N3O2. The van der Waals surface area contributed by atoms with Gasteiger partial charge in [0.05, 0.1) is 24.9 Å². The predicted molar refractivity (Wildman–Crippen MR) is 111 cm³/mol. The Morgan fingerprint density at radius 3 is 2.68 bits per heavy atom. The highest BCUT2D eigenvalue weighted by atomic mass is 16.5. The molecule has 2 heterocycles. The first-order chi connectivity index (χ1) is 13.8. The summed E-state index contributed by atoms with van der Waals surface area (Å²) in [6, 6.07) is 21.8. The van der Waals surface area contributed by atoms with Gasteiger partial charge in [-0.1, -0.05) is 36.4 Å². The summed E-state index contributed by atoms with van der Waals surface area (Å²) in [4.78, 5) is 18.8. The summed E-state index contributed by atoms with van der Waals surface area (Å²) >= 11 is 0. The number of carbonyl (C=O) groups excluding carboxylic acids is 1. The van der Waals surface area contributed by atoms with Crippen molar-refractivity contribution in [2.24, 2.45) is 0 Å². The molecule has 1 aromatic heterocycles. The van der Waals surface area contributed by atoms with Crippen LogP contribution in [0.3, 0.4) is 0 Å². The van der Waals surface area contributed by atoms with Crippen LogP contribution in [-0.2, 0) is 11.2 Å². The molecule has 5 heteroatoms. The quantitative estimate of drug-likeness (QED) is 0.687. The normalized spacial score (nSPS) is 12.9. The number of hydrogen-bond acceptors (Lipinski definition) is 4. The molecule has 3 aromatic rings. The molecule has 1 aliphatic rings. The number of nitrogens with zero attached hydrogens (tertiary/aromatic N) is 2. The van der Waals surface area contributed by atoms with Gasteiger partial charge in [-0.3, -0.25) is 4.79 Å². The largest absolute Gasteiger partial charge is 0.493 e. The van der Waals surface area contributed by atoms with Crippen molar-refractivity contribution in [2.75, 3.05) is 23.4 Å². The molecule has 28 heavy (non-hydrogen) atoms. The Labute approximate surface area is 165 Å². The van der Waals surface area contributed by atoms with Crippen LogP contribution in [0.5, 0.6) is 5.75 Å². The number of para-hydroxylation sites is 2. The van der Waals surface area contributed by atoms with E-state index in [4.69, 9.17) is 4.74 Å². The predicted octanol–water partition coefficient (Wildman–Crippen LogP) is 4.57. The summed E-state index contributed by atoms with van der Waals surface area (Å²) < 4.78 is 5.56. The summed E-state index contributed by atoms with van der Waals surface area (Å²) in [5, 5.41) is 2.83. The minimum atomic E-state index is -0.112. The molecule has 0 saturated carbocycles. The number of ether oxygens (including phenoxy) is 1. The lowest BCUT2D eigenvalue weighted by Crippen LogP contribution is -2.24. The van der Waals surface area contributed by atoms with Crippen molar-refractivity contribution in [2.45, 2.75) is 19.3 Å². The maximum Gasteiger partial charge on any atom is 0.228 e. The summed E-state index contributed by atoms with van der Waals surface area (Å²) in [6.07, 6.45) is 4.33. The average Bonchev–Trinajstić information content (AvgIpc) is 2.75. The molecule has 1 amide bonds. The molecule has 2 aromatic carbocycles. The van der Waals surface area contributed by atoms with Gasteiger partial charge in [-0.25, -0.2) is 4.98 Å². The summed E-state index contributed by atoms with van der Waals surface area (Å²) in [5.74, 6) is 1.21. The topological polar surface area (TPSA) is 54.5 Å². The van der Waals surface area contributed by atoms with Crippen molar-refractivity contribution >= 4 is 23.1 Å². The van der Waals surface area contributed by atoms with Crippen molar-refractivity contribution < 1.29 is 9.53 Å². The highest BCUT2D eigenvalue weighted by Crippen LogP contribution is 2.33. The third-order valence-electron chi connectivity index (χ3n) is 4.78. The fourth-order valence-corrected chi connectivity index (χ4v) is 3.41. The van der Waals surface area contributed by atoms with E-state index in [0.29, 0.717) is 12.4 Å². The second kappa shape index (κ2) is 8.57. The van der Waals surface area contributed by atoms with Crippen molar-refractivity contribution in [3.63, 3.8) is 0 Å². The fourth-order valence-electron chi connectivity index (χ4n) is 3.41. The number of nitrogens with one attached hydrogen (secondary N) is 1. The molecule has 0 saturated heterocycles. The van der Waals surface area contributed by atoms with E-state index in [-0.39, 0.29) is 12.3 Å². The van der Waals surface area contributed by atoms with E-state index in [1.807, 2.05) is 48.7 Å². The number of carbonyl (C=O) groups is 1. The lowest BCUT2D eigenvalue weighted by Gasteiger charge is -2.31. The van der Waals surface area contributed by atoms with E-state index in [1.165, 1.54) is 11.3 Å². The zero-order valence-corrected chi connectivity index (χ0v) is 15.7. The number of aryl methyl sites for hydroxylation is 1. The number of benzene rings is 2. The van der Waals surface area contributed by atoms with Crippen LogP contribution in [0.2, 0.25) is 0 Å². The van der Waals surface area contributed by atoms with Gasteiger partial charge in [-0.2, -0.15) is 0 Å². The highest BCUT2D eigenvalue weighted by molar-refractivity contribution is 5.90. The van der Waals surface area contributed by atoms with Crippen LogP contribution in [0.25, 0.3) is 0 Å². The number of anilines is 3. The second-order valence-corrected chi connectivity index (χ2v) is 6.75. The molecule has 0 bridgehead atoms. The summed E-state index contributed by atoms with van der Waals surface area (Å²) in [5.41, 5.74) is 3.65. The van der Waals surface area contributed by atoms with E-state index >= 15 is 0 Å². The molecule has 1 N–H and O–H groups in total. The number of rotatable bonds is 6. The fraction of sp³-hybridized carbons (Fsp3) is 0.217. The van der Waals surface area contributed by atoms with E-state index in [2.05, 4.69) is 39.5 Å². The van der Waals surface area contributed by atoms with Gasteiger partial charge in [0.2, 0.25) is 5.91 Å². The lowest BCUT2D eigenvalue weighted by atomic mass is 10.0. The second-order valence-electron chi connectivity index (χ2n) is 6.75. The molecule has 1 aliphatic heterocycles. The smallest absolute Gasteiger partial charge is 0.228 e. The third kappa shape index (κ3) is 4.31. The van der Waals surface area contributed by atoms with Gasteiger partial charge in [-0.15, -0.1) is 0 Å². The third-order valence-corrected chi connectivity index (χ3v) is 4.78. The molecule has 0 fully saturated rings. The molecule has 4 rings (SSSR count). The Morgan fingerprint density at radius 2 is 1.86 bits per heavy atom. The number of amides is 1. The molecule has 0 radical (unpaired) electrons. The Hall–Kier alpha value is -3.34. The minimum absolute atomic E-state index is 0.112. The van der Waals surface area contributed by atoms with E-state index in [9.17, 15) is 4.79 Å². The monoisotopic (exact) mass is 373 g/mol. The maximum absolute atomic E-state index is 12.1. The van der Waals surface area contributed by atoms with Gasteiger partial charge in [0.25, 0.3) is 0 Å². The van der Waals surface area contributed by atoms with Crippen LogP contribution in [0.15, 0.2) is 72.9 Å². The molecule has 0 spiro atoms.